The molecule has 0 saturated carbocycles. The first-order chi connectivity index (χ1) is 14.6. The highest BCUT2D eigenvalue weighted by Gasteiger charge is 2.19. The Hall–Kier alpha value is -3.53. The number of ether oxygens (including phenoxy) is 1. The number of hydrogen-bond donors (Lipinski definition) is 0. The highest BCUT2D eigenvalue weighted by Crippen LogP contribution is 2.16. The highest BCUT2D eigenvalue weighted by molar-refractivity contribution is 6.49. The van der Waals surface area contributed by atoms with Crippen LogP contribution < -0.4 is 4.74 Å². The quantitative estimate of drug-likeness (QED) is 0.254. The standard InChI is InChI=1S/C26H24O4/c1-2-3-7-18-30-23-16-14-22(15-17-23)26(29)25(28)21-12-10-20(11-13-21)24(27)19-8-5-4-6-9-19/h4-6,8-17H,2-3,7,18H2,1H3. The van der Waals surface area contributed by atoms with E-state index < -0.39 is 11.6 Å². The largest absolute Gasteiger partial charge is 0.494 e. The predicted octanol–water partition coefficient (Wildman–Crippen LogP) is 5.55. The minimum Gasteiger partial charge on any atom is -0.494 e. The van der Waals surface area contributed by atoms with Crippen LogP contribution in [-0.4, -0.2) is 24.0 Å². The molecule has 0 radical (unpaired) electrons. The summed E-state index contributed by atoms with van der Waals surface area (Å²) < 4.78 is 5.63. The molecular formula is C26H24O4. The molecule has 0 N–H and O–H groups in total. The third-order valence-corrected chi connectivity index (χ3v) is 4.78. The van der Waals surface area contributed by atoms with Gasteiger partial charge in [0.2, 0.25) is 11.6 Å². The van der Waals surface area contributed by atoms with Gasteiger partial charge in [-0.25, -0.2) is 0 Å². The van der Waals surface area contributed by atoms with Crippen LogP contribution in [0.5, 0.6) is 5.75 Å². The van der Waals surface area contributed by atoms with Gasteiger partial charge in [0.05, 0.1) is 6.61 Å². The molecule has 0 bridgehead atoms. The molecule has 0 amide bonds. The molecule has 0 aliphatic carbocycles. The molecule has 152 valence electrons. The van der Waals surface area contributed by atoms with Crippen molar-refractivity contribution in [1.82, 2.24) is 0 Å². The molecule has 3 rings (SSSR count). The first kappa shape index (κ1) is 21.2. The molecule has 0 fully saturated rings. The molecule has 0 unspecified atom stereocenters. The summed E-state index contributed by atoms with van der Waals surface area (Å²) in [5, 5.41) is 0. The van der Waals surface area contributed by atoms with Crippen molar-refractivity contribution in [2.45, 2.75) is 26.2 Å². The maximum atomic E-state index is 12.6. The molecule has 0 spiro atoms. The lowest BCUT2D eigenvalue weighted by Gasteiger charge is -2.07. The number of hydrogen-bond acceptors (Lipinski definition) is 4. The van der Waals surface area contributed by atoms with E-state index >= 15 is 0 Å². The summed E-state index contributed by atoms with van der Waals surface area (Å²) in [6, 6.07) is 21.7. The number of rotatable bonds is 10. The van der Waals surface area contributed by atoms with Crippen molar-refractivity contribution in [3.8, 4) is 5.75 Å². The maximum absolute atomic E-state index is 12.6. The van der Waals surface area contributed by atoms with Gasteiger partial charge in [-0.3, -0.25) is 14.4 Å². The highest BCUT2D eigenvalue weighted by atomic mass is 16.5. The number of Topliss-reactive ketones (excluding diaryl/α,β-unsaturated/α-hetero) is 2. The summed E-state index contributed by atoms with van der Waals surface area (Å²) >= 11 is 0. The van der Waals surface area contributed by atoms with E-state index in [4.69, 9.17) is 4.74 Å². The van der Waals surface area contributed by atoms with E-state index in [0.717, 1.165) is 19.3 Å². The van der Waals surface area contributed by atoms with Gasteiger partial charge in [-0.15, -0.1) is 0 Å². The molecule has 0 atom stereocenters. The summed E-state index contributed by atoms with van der Waals surface area (Å²) in [6.45, 7) is 2.76. The van der Waals surface area contributed by atoms with Gasteiger partial charge < -0.3 is 4.74 Å². The summed E-state index contributed by atoms with van der Waals surface area (Å²) in [5.74, 6) is -0.644. The van der Waals surface area contributed by atoms with Crippen molar-refractivity contribution >= 4 is 17.3 Å². The molecule has 3 aromatic carbocycles. The first-order valence-electron chi connectivity index (χ1n) is 10.1. The Kier molecular flexibility index (Phi) is 7.28. The van der Waals surface area contributed by atoms with Gasteiger partial charge >= 0.3 is 0 Å². The SMILES string of the molecule is CCCCCOc1ccc(C(=O)C(=O)c2ccc(C(=O)c3ccccc3)cc2)cc1. The van der Waals surface area contributed by atoms with E-state index in [0.29, 0.717) is 29.0 Å². The average Bonchev–Trinajstić information content (AvgIpc) is 2.81. The van der Waals surface area contributed by atoms with E-state index in [1.54, 1.807) is 60.7 Å². The summed E-state index contributed by atoms with van der Waals surface area (Å²) in [7, 11) is 0. The monoisotopic (exact) mass is 400 g/mol. The fraction of sp³-hybridized carbons (Fsp3) is 0.192. The number of carbonyl (C=O) groups is 3. The Morgan fingerprint density at radius 1 is 0.633 bits per heavy atom. The molecule has 0 saturated heterocycles. The molecule has 4 heteroatoms. The van der Waals surface area contributed by atoms with Gasteiger partial charge in [0.25, 0.3) is 0 Å². The molecule has 0 heterocycles. The van der Waals surface area contributed by atoms with E-state index in [2.05, 4.69) is 6.92 Å². The van der Waals surface area contributed by atoms with Crippen molar-refractivity contribution in [3.63, 3.8) is 0 Å². The summed E-state index contributed by atoms with van der Waals surface area (Å²) in [4.78, 5) is 37.6. The smallest absolute Gasteiger partial charge is 0.233 e. The van der Waals surface area contributed by atoms with Crippen LogP contribution in [0.25, 0.3) is 0 Å². The van der Waals surface area contributed by atoms with Crippen LogP contribution in [0.2, 0.25) is 0 Å². The molecule has 4 nitrogen and oxygen atoms in total. The predicted molar refractivity (Wildman–Crippen MR) is 116 cm³/mol. The van der Waals surface area contributed by atoms with Gasteiger partial charge in [0.1, 0.15) is 5.75 Å². The van der Waals surface area contributed by atoms with Crippen molar-refractivity contribution < 1.29 is 19.1 Å². The minimum absolute atomic E-state index is 0.129. The average molecular weight is 400 g/mol. The second-order valence-corrected chi connectivity index (χ2v) is 7.01. The van der Waals surface area contributed by atoms with Crippen molar-refractivity contribution in [2.75, 3.05) is 6.61 Å². The second kappa shape index (κ2) is 10.3. The number of ketones is 3. The normalized spacial score (nSPS) is 10.4. The van der Waals surface area contributed by atoms with Gasteiger partial charge in [0, 0.05) is 22.3 Å². The molecule has 3 aromatic rings. The van der Waals surface area contributed by atoms with Gasteiger partial charge in [-0.2, -0.15) is 0 Å². The lowest BCUT2D eigenvalue weighted by Crippen LogP contribution is -2.14. The summed E-state index contributed by atoms with van der Waals surface area (Å²) in [5.41, 5.74) is 1.61. The van der Waals surface area contributed by atoms with Crippen LogP contribution in [0.4, 0.5) is 0 Å². The van der Waals surface area contributed by atoms with Crippen molar-refractivity contribution in [1.29, 1.82) is 0 Å². The molecule has 0 aromatic heterocycles. The molecule has 0 aliphatic rings. The molecule has 0 aliphatic heterocycles. The Bertz CT molecular complexity index is 1000. The van der Waals surface area contributed by atoms with Gasteiger partial charge in [0.15, 0.2) is 5.78 Å². The lowest BCUT2D eigenvalue weighted by atomic mass is 9.98. The Morgan fingerprint density at radius 3 is 1.70 bits per heavy atom. The maximum Gasteiger partial charge on any atom is 0.233 e. The van der Waals surface area contributed by atoms with E-state index in [-0.39, 0.29) is 11.3 Å². The molecular weight excluding hydrogens is 376 g/mol. The zero-order valence-electron chi connectivity index (χ0n) is 17.0. The third kappa shape index (κ3) is 5.29. The fourth-order valence-corrected chi connectivity index (χ4v) is 3.04. The van der Waals surface area contributed by atoms with Gasteiger partial charge in [-0.05, 0) is 30.7 Å². The van der Waals surface area contributed by atoms with Crippen LogP contribution in [0.3, 0.4) is 0 Å². The Balaban J connectivity index is 1.64. The second-order valence-electron chi connectivity index (χ2n) is 7.01. The Labute approximate surface area is 176 Å². The van der Waals surface area contributed by atoms with Crippen LogP contribution in [0.15, 0.2) is 78.9 Å². The topological polar surface area (TPSA) is 60.4 Å². The first-order valence-corrected chi connectivity index (χ1v) is 10.1. The van der Waals surface area contributed by atoms with Crippen molar-refractivity contribution in [3.05, 3.63) is 101 Å². The summed E-state index contributed by atoms with van der Waals surface area (Å²) in [6.07, 6.45) is 3.22. The van der Waals surface area contributed by atoms with E-state index in [1.165, 1.54) is 12.1 Å². The molecule has 30 heavy (non-hydrogen) atoms. The van der Waals surface area contributed by atoms with Crippen molar-refractivity contribution in [2.24, 2.45) is 0 Å². The Morgan fingerprint density at radius 2 is 1.13 bits per heavy atom. The van der Waals surface area contributed by atoms with Gasteiger partial charge in [-0.1, -0.05) is 74.4 Å². The van der Waals surface area contributed by atoms with Crippen LogP contribution >= 0.6 is 0 Å². The fourth-order valence-electron chi connectivity index (χ4n) is 3.04. The number of benzene rings is 3. The van der Waals surface area contributed by atoms with Crippen LogP contribution in [0, 0.1) is 0 Å². The zero-order valence-corrected chi connectivity index (χ0v) is 17.0. The zero-order chi connectivity index (χ0) is 21.3. The lowest BCUT2D eigenvalue weighted by molar-refractivity contribution is 0.0817. The number of carbonyl (C=O) groups excluding carboxylic acids is 3. The van der Waals surface area contributed by atoms with Crippen LogP contribution in [0.1, 0.15) is 62.8 Å². The third-order valence-electron chi connectivity index (χ3n) is 4.78. The van der Waals surface area contributed by atoms with E-state index in [9.17, 15) is 14.4 Å². The minimum atomic E-state index is -0.606. The van der Waals surface area contributed by atoms with Crippen LogP contribution in [-0.2, 0) is 0 Å². The number of unbranched alkanes of at least 4 members (excludes halogenated alkanes) is 2. The van der Waals surface area contributed by atoms with E-state index in [1.807, 2.05) is 6.07 Å².